The Morgan fingerprint density at radius 1 is 1.19 bits per heavy atom. The van der Waals surface area contributed by atoms with E-state index in [2.05, 4.69) is 0 Å². The van der Waals surface area contributed by atoms with Crippen molar-refractivity contribution in [3.8, 4) is 0 Å². The molecule has 0 heterocycles. The van der Waals surface area contributed by atoms with E-state index in [9.17, 15) is 13.2 Å². The van der Waals surface area contributed by atoms with Crippen molar-refractivity contribution in [3.63, 3.8) is 0 Å². The molecule has 2 aliphatic rings. The van der Waals surface area contributed by atoms with Crippen LogP contribution in [-0.2, 0) is 0 Å². The van der Waals surface area contributed by atoms with Crippen molar-refractivity contribution in [2.24, 2.45) is 17.1 Å². The molecule has 0 amide bonds. The Morgan fingerprint density at radius 3 is 2.29 bits per heavy atom. The molecule has 0 aliphatic heterocycles. The number of halogens is 4. The summed E-state index contributed by atoms with van der Waals surface area (Å²) in [5, 5.41) is -1.14. The van der Waals surface area contributed by atoms with Gasteiger partial charge in [0.05, 0.1) is 5.38 Å². The van der Waals surface area contributed by atoms with Crippen LogP contribution in [0.3, 0.4) is 0 Å². The molecule has 5 heteroatoms. The minimum atomic E-state index is -4.41. The zero-order chi connectivity index (χ0) is 15.3. The Morgan fingerprint density at radius 2 is 1.81 bits per heavy atom. The van der Waals surface area contributed by atoms with E-state index in [1.54, 1.807) is 0 Å². The smallest absolute Gasteiger partial charge is 0.327 e. The molecule has 1 saturated carbocycles. The maximum Gasteiger partial charge on any atom is 0.399 e. The third-order valence-corrected chi connectivity index (χ3v) is 4.86. The van der Waals surface area contributed by atoms with E-state index in [0.717, 1.165) is 5.56 Å². The SMILES string of the molecule is N[C@H]1C[C@@H]1C1(C(F)(F)F)C=CC(c2ccccc2)=CC1Cl. The number of rotatable bonds is 2. The topological polar surface area (TPSA) is 26.0 Å². The van der Waals surface area contributed by atoms with Gasteiger partial charge in [-0.2, -0.15) is 13.2 Å². The lowest BCUT2D eigenvalue weighted by molar-refractivity contribution is -0.211. The molecule has 0 aromatic heterocycles. The standard InChI is InChI=1S/C16H15ClF3N/c17-14-8-11(10-4-2-1-3-5-10)6-7-15(14,16(18,19)20)12-9-13(12)21/h1-8,12-14H,9,21H2/t12-,13-,14?,15?/m0/s1. The highest BCUT2D eigenvalue weighted by molar-refractivity contribution is 6.23. The first-order chi connectivity index (χ1) is 9.86. The van der Waals surface area contributed by atoms with Crippen molar-refractivity contribution in [1.82, 2.24) is 0 Å². The lowest BCUT2D eigenvalue weighted by Crippen LogP contribution is -2.47. The van der Waals surface area contributed by atoms with Gasteiger partial charge >= 0.3 is 6.18 Å². The van der Waals surface area contributed by atoms with E-state index in [4.69, 9.17) is 17.3 Å². The third-order valence-electron chi connectivity index (χ3n) is 4.37. The lowest BCUT2D eigenvalue weighted by atomic mass is 9.73. The molecule has 0 radical (unpaired) electrons. The van der Waals surface area contributed by atoms with E-state index in [1.807, 2.05) is 30.3 Å². The number of benzene rings is 1. The Balaban J connectivity index is 1.98. The highest BCUT2D eigenvalue weighted by Crippen LogP contribution is 2.60. The van der Waals surface area contributed by atoms with Crippen LogP contribution in [0.1, 0.15) is 12.0 Å². The van der Waals surface area contributed by atoms with Crippen molar-refractivity contribution in [2.75, 3.05) is 0 Å². The van der Waals surface area contributed by atoms with Crippen LogP contribution in [0.2, 0.25) is 0 Å². The second-order valence-corrected chi connectivity index (χ2v) is 6.13. The van der Waals surface area contributed by atoms with E-state index in [1.165, 1.54) is 18.2 Å². The number of hydrogen-bond donors (Lipinski definition) is 1. The Kier molecular flexibility index (Phi) is 3.41. The average Bonchev–Trinajstić information content (AvgIpc) is 3.15. The minimum absolute atomic E-state index is 0.363. The first-order valence-electron chi connectivity index (χ1n) is 6.79. The van der Waals surface area contributed by atoms with Crippen molar-refractivity contribution in [3.05, 3.63) is 54.1 Å². The van der Waals surface area contributed by atoms with Gasteiger partial charge in [-0.3, -0.25) is 0 Å². The first-order valence-corrected chi connectivity index (χ1v) is 7.23. The second kappa shape index (κ2) is 4.89. The van der Waals surface area contributed by atoms with E-state index < -0.39 is 28.9 Å². The van der Waals surface area contributed by atoms with Crippen LogP contribution >= 0.6 is 11.6 Å². The molecule has 1 fully saturated rings. The summed E-state index contributed by atoms with van der Waals surface area (Å²) < 4.78 is 40.9. The molecule has 3 rings (SSSR count). The number of nitrogens with two attached hydrogens (primary N) is 1. The second-order valence-electron chi connectivity index (χ2n) is 5.66. The normalized spacial score (nSPS) is 35.5. The molecule has 1 aromatic rings. The zero-order valence-corrected chi connectivity index (χ0v) is 11.9. The molecule has 2 aliphatic carbocycles. The van der Waals surface area contributed by atoms with Crippen molar-refractivity contribution in [2.45, 2.75) is 24.0 Å². The zero-order valence-electron chi connectivity index (χ0n) is 11.1. The predicted molar refractivity (Wildman–Crippen MR) is 77.8 cm³/mol. The number of allylic oxidation sites excluding steroid dienone is 4. The first kappa shape index (κ1) is 14.7. The maximum atomic E-state index is 13.6. The summed E-state index contributed by atoms with van der Waals surface area (Å²) in [5.74, 6) is -0.634. The number of alkyl halides is 4. The van der Waals surface area contributed by atoms with Crippen LogP contribution in [-0.4, -0.2) is 17.6 Å². The highest BCUT2D eigenvalue weighted by Gasteiger charge is 2.67. The fraction of sp³-hybridized carbons (Fsp3) is 0.375. The van der Waals surface area contributed by atoms with Crippen LogP contribution in [0.25, 0.3) is 5.57 Å². The van der Waals surface area contributed by atoms with Gasteiger partial charge in [0.1, 0.15) is 5.41 Å². The summed E-state index contributed by atoms with van der Waals surface area (Å²) in [5.41, 5.74) is 5.19. The molecule has 1 aromatic carbocycles. The van der Waals surface area contributed by atoms with E-state index in [0.29, 0.717) is 12.0 Å². The maximum absolute atomic E-state index is 13.6. The van der Waals surface area contributed by atoms with E-state index >= 15 is 0 Å². The molecular formula is C16H15ClF3N. The van der Waals surface area contributed by atoms with Gasteiger partial charge in [-0.15, -0.1) is 11.6 Å². The molecule has 1 nitrogen and oxygen atoms in total. The van der Waals surface area contributed by atoms with Gasteiger partial charge in [-0.1, -0.05) is 48.6 Å². The van der Waals surface area contributed by atoms with Crippen molar-refractivity contribution < 1.29 is 13.2 Å². The fourth-order valence-electron chi connectivity index (χ4n) is 3.05. The van der Waals surface area contributed by atoms with Gasteiger partial charge < -0.3 is 5.73 Å². The summed E-state index contributed by atoms with van der Waals surface area (Å²) in [6, 6.07) is 8.82. The Labute approximate surface area is 126 Å². The molecule has 0 spiro atoms. The molecule has 2 N–H and O–H groups in total. The molecule has 112 valence electrons. The van der Waals surface area contributed by atoms with Gasteiger partial charge in [-0.05, 0) is 23.5 Å². The average molecular weight is 314 g/mol. The summed E-state index contributed by atoms with van der Waals surface area (Å²) in [6.45, 7) is 0. The molecular weight excluding hydrogens is 299 g/mol. The van der Waals surface area contributed by atoms with Crippen molar-refractivity contribution in [1.29, 1.82) is 0 Å². The van der Waals surface area contributed by atoms with Gasteiger partial charge in [0.25, 0.3) is 0 Å². The third kappa shape index (κ3) is 2.30. The monoisotopic (exact) mass is 313 g/mol. The summed E-state index contributed by atoms with van der Waals surface area (Å²) in [7, 11) is 0. The van der Waals surface area contributed by atoms with E-state index in [-0.39, 0.29) is 0 Å². The summed E-state index contributed by atoms with van der Waals surface area (Å²) in [6.07, 6.45) is 0.182. The summed E-state index contributed by atoms with van der Waals surface area (Å²) in [4.78, 5) is 0. The fourth-order valence-corrected chi connectivity index (χ4v) is 3.54. The van der Waals surface area contributed by atoms with Gasteiger partial charge in [0, 0.05) is 6.04 Å². The van der Waals surface area contributed by atoms with Crippen molar-refractivity contribution >= 4 is 17.2 Å². The molecule has 4 atom stereocenters. The Bertz CT molecular complexity index is 593. The molecule has 0 saturated heterocycles. The van der Waals surface area contributed by atoms with Gasteiger partial charge in [0.2, 0.25) is 0 Å². The molecule has 0 bridgehead atoms. The highest BCUT2D eigenvalue weighted by atomic mass is 35.5. The van der Waals surface area contributed by atoms with Crippen LogP contribution in [0.5, 0.6) is 0 Å². The lowest BCUT2D eigenvalue weighted by Gasteiger charge is -2.38. The van der Waals surface area contributed by atoms with Crippen LogP contribution in [0.4, 0.5) is 13.2 Å². The summed E-state index contributed by atoms with van der Waals surface area (Å²) >= 11 is 6.17. The largest absolute Gasteiger partial charge is 0.399 e. The van der Waals surface area contributed by atoms with Crippen LogP contribution in [0, 0.1) is 11.3 Å². The predicted octanol–water partition coefficient (Wildman–Crippen LogP) is 4.14. The number of hydrogen-bond acceptors (Lipinski definition) is 1. The van der Waals surface area contributed by atoms with Crippen LogP contribution in [0.15, 0.2) is 48.6 Å². The van der Waals surface area contributed by atoms with Gasteiger partial charge in [-0.25, -0.2) is 0 Å². The molecule has 2 unspecified atom stereocenters. The van der Waals surface area contributed by atoms with Crippen LogP contribution < -0.4 is 5.73 Å². The minimum Gasteiger partial charge on any atom is -0.327 e. The molecule has 21 heavy (non-hydrogen) atoms. The Hall–Kier alpha value is -1.26. The van der Waals surface area contributed by atoms with Gasteiger partial charge in [0.15, 0.2) is 0 Å². The quantitative estimate of drug-likeness (QED) is 0.816.